The second-order valence-corrected chi connectivity index (χ2v) is 5.47. The maximum atomic E-state index is 5.35. The monoisotopic (exact) mass is 317 g/mol. The molecule has 0 atom stereocenters. The summed E-state index contributed by atoms with van der Waals surface area (Å²) in [7, 11) is 3.21. The van der Waals surface area contributed by atoms with E-state index in [1.807, 2.05) is 12.1 Å². The Morgan fingerprint density at radius 3 is 2.70 bits per heavy atom. The summed E-state index contributed by atoms with van der Waals surface area (Å²) >= 11 is 0. The summed E-state index contributed by atoms with van der Waals surface area (Å²) in [5.74, 6) is 3.10. The van der Waals surface area contributed by atoms with Crippen LogP contribution in [0.25, 0.3) is 0 Å². The van der Waals surface area contributed by atoms with Gasteiger partial charge in [0.1, 0.15) is 11.5 Å². The molecule has 23 heavy (non-hydrogen) atoms. The summed E-state index contributed by atoms with van der Waals surface area (Å²) in [6.07, 6.45) is 2.68. The fraction of sp³-hybridized carbons (Fsp3) is 0.438. The summed E-state index contributed by atoms with van der Waals surface area (Å²) < 4.78 is 10.5. The molecule has 0 saturated heterocycles. The number of hydrogen-bond donors (Lipinski definition) is 2. The van der Waals surface area contributed by atoms with Crippen LogP contribution in [0.5, 0.6) is 11.5 Å². The van der Waals surface area contributed by atoms with Crippen LogP contribution in [0.4, 0.5) is 17.5 Å². The van der Waals surface area contributed by atoms with Crippen molar-refractivity contribution >= 4 is 17.5 Å². The lowest BCUT2D eigenvalue weighted by molar-refractivity contribution is 0.395. The van der Waals surface area contributed by atoms with Crippen LogP contribution in [0, 0.1) is 5.92 Å². The second-order valence-electron chi connectivity index (χ2n) is 5.47. The van der Waals surface area contributed by atoms with Crippen molar-refractivity contribution in [2.45, 2.75) is 20.3 Å². The summed E-state index contributed by atoms with van der Waals surface area (Å²) in [5, 5.41) is 14.3. The molecular formula is C16H23N5O2. The molecule has 1 heterocycles. The Bertz CT molecular complexity index is 634. The quantitative estimate of drug-likeness (QED) is 0.774. The number of nitrogens with zero attached hydrogens (tertiary/aromatic N) is 3. The van der Waals surface area contributed by atoms with Gasteiger partial charge < -0.3 is 20.1 Å². The lowest BCUT2D eigenvalue weighted by Gasteiger charge is -2.12. The molecule has 0 fully saturated rings. The number of anilines is 3. The molecule has 1 aromatic heterocycles. The van der Waals surface area contributed by atoms with Gasteiger partial charge in [-0.25, -0.2) is 0 Å². The van der Waals surface area contributed by atoms with E-state index in [1.54, 1.807) is 26.5 Å². The molecule has 0 amide bonds. The average Bonchev–Trinajstić information content (AvgIpc) is 2.55. The third-order valence-electron chi connectivity index (χ3n) is 3.24. The first-order valence-electron chi connectivity index (χ1n) is 7.55. The molecular weight excluding hydrogens is 294 g/mol. The number of methoxy groups -OCH3 is 2. The number of ether oxygens (including phenoxy) is 2. The predicted octanol–water partition coefficient (Wildman–Crippen LogP) is 3.09. The average molecular weight is 317 g/mol. The van der Waals surface area contributed by atoms with Crippen molar-refractivity contribution in [2.75, 3.05) is 31.4 Å². The third kappa shape index (κ3) is 4.98. The Kier molecular flexibility index (Phi) is 5.96. The van der Waals surface area contributed by atoms with E-state index in [0.717, 1.165) is 24.4 Å². The molecule has 7 heteroatoms. The Hall–Kier alpha value is -2.57. The molecule has 0 spiro atoms. The van der Waals surface area contributed by atoms with Crippen molar-refractivity contribution in [3.63, 3.8) is 0 Å². The molecule has 0 aliphatic heterocycles. The van der Waals surface area contributed by atoms with E-state index >= 15 is 0 Å². The van der Waals surface area contributed by atoms with Gasteiger partial charge in [0.15, 0.2) is 5.82 Å². The Labute approximate surface area is 136 Å². The van der Waals surface area contributed by atoms with Crippen LogP contribution in [0.1, 0.15) is 20.3 Å². The minimum Gasteiger partial charge on any atom is -0.497 e. The SMILES string of the molecule is COc1ccc(Nc2nncc(NCCC(C)C)n2)c(OC)c1. The second kappa shape index (κ2) is 8.17. The molecule has 1 aromatic carbocycles. The lowest BCUT2D eigenvalue weighted by atomic mass is 10.1. The first kappa shape index (κ1) is 16.8. The maximum Gasteiger partial charge on any atom is 0.249 e. The van der Waals surface area contributed by atoms with Crippen LogP contribution in [-0.2, 0) is 0 Å². The topological polar surface area (TPSA) is 81.2 Å². The standard InChI is InChI=1S/C16H23N5O2/c1-11(2)7-8-17-15-10-18-21-16(20-15)19-13-6-5-12(22-3)9-14(13)23-4/h5-6,9-11H,7-8H2,1-4H3,(H2,17,19,20,21). The Morgan fingerprint density at radius 1 is 1.17 bits per heavy atom. The zero-order valence-electron chi connectivity index (χ0n) is 14.0. The minimum atomic E-state index is 0.406. The fourth-order valence-electron chi connectivity index (χ4n) is 1.95. The first-order chi connectivity index (χ1) is 11.1. The van der Waals surface area contributed by atoms with Crippen LogP contribution >= 0.6 is 0 Å². The Balaban J connectivity index is 2.08. The molecule has 7 nitrogen and oxygen atoms in total. The highest BCUT2D eigenvalue weighted by molar-refractivity contribution is 5.64. The van der Waals surface area contributed by atoms with E-state index < -0.39 is 0 Å². The predicted molar refractivity (Wildman–Crippen MR) is 90.6 cm³/mol. The van der Waals surface area contributed by atoms with Crippen LogP contribution in [-0.4, -0.2) is 35.9 Å². The first-order valence-corrected chi connectivity index (χ1v) is 7.55. The van der Waals surface area contributed by atoms with E-state index in [4.69, 9.17) is 9.47 Å². The lowest BCUT2D eigenvalue weighted by Crippen LogP contribution is -2.08. The molecule has 2 aromatic rings. The highest BCUT2D eigenvalue weighted by atomic mass is 16.5. The molecule has 124 valence electrons. The third-order valence-corrected chi connectivity index (χ3v) is 3.24. The zero-order valence-corrected chi connectivity index (χ0v) is 14.0. The van der Waals surface area contributed by atoms with Gasteiger partial charge in [-0.3, -0.25) is 0 Å². The van der Waals surface area contributed by atoms with E-state index in [1.165, 1.54) is 0 Å². The van der Waals surface area contributed by atoms with Crippen LogP contribution in [0.2, 0.25) is 0 Å². The van der Waals surface area contributed by atoms with Crippen molar-refractivity contribution in [1.29, 1.82) is 0 Å². The maximum absolute atomic E-state index is 5.35. The molecule has 2 N–H and O–H groups in total. The largest absolute Gasteiger partial charge is 0.497 e. The van der Waals surface area contributed by atoms with Gasteiger partial charge in [-0.2, -0.15) is 10.1 Å². The van der Waals surface area contributed by atoms with Gasteiger partial charge in [0.2, 0.25) is 5.95 Å². The molecule has 2 rings (SSSR count). The van der Waals surface area contributed by atoms with E-state index in [2.05, 4.69) is 39.7 Å². The smallest absolute Gasteiger partial charge is 0.249 e. The van der Waals surface area contributed by atoms with E-state index in [0.29, 0.717) is 23.4 Å². The summed E-state index contributed by atoms with van der Waals surface area (Å²) in [6.45, 7) is 5.22. The zero-order chi connectivity index (χ0) is 16.7. The van der Waals surface area contributed by atoms with Crippen molar-refractivity contribution in [2.24, 2.45) is 5.92 Å². The van der Waals surface area contributed by atoms with Gasteiger partial charge >= 0.3 is 0 Å². The van der Waals surface area contributed by atoms with Crippen LogP contribution < -0.4 is 20.1 Å². The van der Waals surface area contributed by atoms with Crippen molar-refractivity contribution in [3.05, 3.63) is 24.4 Å². The summed E-state index contributed by atoms with van der Waals surface area (Å²) in [6, 6.07) is 5.48. The number of aromatic nitrogens is 3. The van der Waals surface area contributed by atoms with Crippen molar-refractivity contribution < 1.29 is 9.47 Å². The highest BCUT2D eigenvalue weighted by Gasteiger charge is 2.08. The summed E-state index contributed by atoms with van der Waals surface area (Å²) in [4.78, 5) is 4.40. The summed E-state index contributed by atoms with van der Waals surface area (Å²) in [5.41, 5.74) is 0.745. The fourth-order valence-corrected chi connectivity index (χ4v) is 1.95. The van der Waals surface area contributed by atoms with Gasteiger partial charge in [-0.15, -0.1) is 5.10 Å². The van der Waals surface area contributed by atoms with Gasteiger partial charge in [-0.05, 0) is 24.5 Å². The molecule has 0 aliphatic carbocycles. The highest BCUT2D eigenvalue weighted by Crippen LogP contribution is 2.30. The van der Waals surface area contributed by atoms with Crippen LogP contribution in [0.3, 0.4) is 0 Å². The minimum absolute atomic E-state index is 0.406. The van der Waals surface area contributed by atoms with Crippen LogP contribution in [0.15, 0.2) is 24.4 Å². The Morgan fingerprint density at radius 2 is 2.00 bits per heavy atom. The molecule has 0 bridgehead atoms. The molecule has 0 radical (unpaired) electrons. The van der Waals surface area contributed by atoms with Gasteiger partial charge in [-0.1, -0.05) is 13.8 Å². The van der Waals surface area contributed by atoms with Crippen molar-refractivity contribution in [1.82, 2.24) is 15.2 Å². The number of rotatable bonds is 8. The number of nitrogens with one attached hydrogen (secondary N) is 2. The molecule has 0 saturated carbocycles. The molecule has 0 aliphatic rings. The van der Waals surface area contributed by atoms with Gasteiger partial charge in [0.25, 0.3) is 0 Å². The van der Waals surface area contributed by atoms with Crippen molar-refractivity contribution in [3.8, 4) is 11.5 Å². The van der Waals surface area contributed by atoms with E-state index in [9.17, 15) is 0 Å². The number of hydrogen-bond acceptors (Lipinski definition) is 7. The van der Waals surface area contributed by atoms with Gasteiger partial charge in [0, 0.05) is 12.6 Å². The molecule has 0 unspecified atom stereocenters. The normalized spacial score (nSPS) is 10.5. The van der Waals surface area contributed by atoms with Gasteiger partial charge in [0.05, 0.1) is 26.1 Å². The number of benzene rings is 1. The van der Waals surface area contributed by atoms with E-state index in [-0.39, 0.29) is 0 Å².